The van der Waals surface area contributed by atoms with Crippen molar-refractivity contribution in [2.24, 2.45) is 0 Å². The Hall–Kier alpha value is -4.66. The van der Waals surface area contributed by atoms with Crippen LogP contribution in [0.3, 0.4) is 0 Å². The molecule has 0 aliphatic carbocycles. The van der Waals surface area contributed by atoms with Gasteiger partial charge in [-0.3, -0.25) is 14.4 Å². The van der Waals surface area contributed by atoms with Crippen molar-refractivity contribution in [3.8, 4) is 17.2 Å². The fourth-order valence-corrected chi connectivity index (χ4v) is 3.89. The summed E-state index contributed by atoms with van der Waals surface area (Å²) in [6.45, 7) is -0.114. The highest BCUT2D eigenvalue weighted by Gasteiger charge is 2.19. The van der Waals surface area contributed by atoms with E-state index in [0.29, 0.717) is 28.5 Å². The number of pyridine rings is 1. The number of hydrogen-bond donors (Lipinski definition) is 1. The van der Waals surface area contributed by atoms with E-state index >= 15 is 0 Å². The van der Waals surface area contributed by atoms with Gasteiger partial charge in [0.25, 0.3) is 0 Å². The van der Waals surface area contributed by atoms with Crippen molar-refractivity contribution in [3.05, 3.63) is 94.0 Å². The number of anilines is 1. The average Bonchev–Trinajstić information content (AvgIpc) is 3.33. The zero-order chi connectivity index (χ0) is 24.5. The third-order valence-corrected chi connectivity index (χ3v) is 5.61. The minimum atomic E-state index is -0.625. The molecule has 0 saturated heterocycles. The van der Waals surface area contributed by atoms with Crippen LogP contribution in [0.2, 0.25) is 0 Å². The molecule has 8 nitrogen and oxygen atoms in total. The van der Waals surface area contributed by atoms with Crippen LogP contribution in [0, 0.1) is 5.82 Å². The first-order valence-corrected chi connectivity index (χ1v) is 10.6. The van der Waals surface area contributed by atoms with Crippen LogP contribution in [-0.2, 0) is 11.3 Å². The van der Waals surface area contributed by atoms with Gasteiger partial charge in [0, 0.05) is 28.9 Å². The molecule has 0 spiro atoms. The van der Waals surface area contributed by atoms with E-state index in [0.717, 1.165) is 6.07 Å². The molecule has 5 rings (SSSR count). The van der Waals surface area contributed by atoms with Crippen LogP contribution in [-0.4, -0.2) is 30.2 Å². The smallest absolute Gasteiger partial charge is 0.244 e. The highest BCUT2D eigenvalue weighted by molar-refractivity contribution is 6.10. The summed E-state index contributed by atoms with van der Waals surface area (Å²) < 4.78 is 31.2. The van der Waals surface area contributed by atoms with Gasteiger partial charge in [-0.05, 0) is 54.6 Å². The lowest BCUT2D eigenvalue weighted by molar-refractivity contribution is -0.116. The standard InChI is InChI=1S/C26H19FN2O6/c1-33-18-6-2-15(3-7-18)25(31)20-12-29(21-8-4-16(27)10-19(21)26(20)32)13-24(30)28-17-5-9-22-23(11-17)35-14-34-22/h2-12H,13-14H2,1H3,(H,28,30). The monoisotopic (exact) mass is 474 g/mol. The predicted molar refractivity (Wildman–Crippen MR) is 126 cm³/mol. The van der Waals surface area contributed by atoms with Crippen molar-refractivity contribution in [2.75, 3.05) is 19.2 Å². The summed E-state index contributed by atoms with van der Waals surface area (Å²) in [6, 6.07) is 14.9. The Kier molecular flexibility index (Phi) is 5.66. The summed E-state index contributed by atoms with van der Waals surface area (Å²) >= 11 is 0. The van der Waals surface area contributed by atoms with E-state index in [-0.39, 0.29) is 29.9 Å². The average molecular weight is 474 g/mol. The van der Waals surface area contributed by atoms with Gasteiger partial charge in [-0.1, -0.05) is 0 Å². The van der Waals surface area contributed by atoms with Gasteiger partial charge in [-0.25, -0.2) is 4.39 Å². The minimum absolute atomic E-state index is 0.000223. The number of carbonyl (C=O) groups is 2. The lowest BCUT2D eigenvalue weighted by Crippen LogP contribution is -2.24. The number of fused-ring (bicyclic) bond motifs is 2. The third kappa shape index (κ3) is 4.31. The van der Waals surface area contributed by atoms with E-state index in [9.17, 15) is 18.8 Å². The second-order valence-corrected chi connectivity index (χ2v) is 7.84. The van der Waals surface area contributed by atoms with Crippen molar-refractivity contribution in [1.82, 2.24) is 4.57 Å². The molecular formula is C26H19FN2O6. The molecule has 35 heavy (non-hydrogen) atoms. The van der Waals surface area contributed by atoms with Gasteiger partial charge in [0.1, 0.15) is 18.1 Å². The molecule has 0 saturated carbocycles. The number of ether oxygens (including phenoxy) is 3. The number of halogens is 1. The van der Waals surface area contributed by atoms with E-state index in [1.165, 1.54) is 42.1 Å². The molecule has 1 N–H and O–H groups in total. The normalized spacial score (nSPS) is 11.9. The minimum Gasteiger partial charge on any atom is -0.497 e. The van der Waals surface area contributed by atoms with Gasteiger partial charge >= 0.3 is 0 Å². The maximum absolute atomic E-state index is 14.0. The van der Waals surface area contributed by atoms with Crippen LogP contribution in [0.1, 0.15) is 15.9 Å². The Bertz CT molecular complexity index is 1530. The molecule has 1 amide bonds. The molecule has 0 bridgehead atoms. The molecule has 4 aromatic rings. The number of rotatable bonds is 6. The number of nitrogens with one attached hydrogen (secondary N) is 1. The van der Waals surface area contributed by atoms with Gasteiger partial charge in [-0.15, -0.1) is 0 Å². The van der Waals surface area contributed by atoms with E-state index in [1.807, 2.05) is 0 Å². The van der Waals surface area contributed by atoms with Gasteiger partial charge in [-0.2, -0.15) is 0 Å². The fourth-order valence-electron chi connectivity index (χ4n) is 3.89. The fraction of sp³-hybridized carbons (Fsp3) is 0.115. The molecule has 3 aromatic carbocycles. The van der Waals surface area contributed by atoms with E-state index in [4.69, 9.17) is 14.2 Å². The van der Waals surface area contributed by atoms with Crippen LogP contribution < -0.4 is 25.0 Å². The molecule has 0 fully saturated rings. The van der Waals surface area contributed by atoms with Crippen molar-refractivity contribution < 1.29 is 28.2 Å². The first-order valence-electron chi connectivity index (χ1n) is 10.6. The Morgan fingerprint density at radius 1 is 1.03 bits per heavy atom. The topological polar surface area (TPSA) is 95.9 Å². The first-order chi connectivity index (χ1) is 16.9. The summed E-state index contributed by atoms with van der Waals surface area (Å²) in [7, 11) is 1.50. The summed E-state index contributed by atoms with van der Waals surface area (Å²) in [5.74, 6) is 0.0621. The molecule has 0 unspecified atom stereocenters. The number of hydrogen-bond acceptors (Lipinski definition) is 6. The Labute approximate surface area is 198 Å². The van der Waals surface area contributed by atoms with E-state index in [2.05, 4.69) is 5.32 Å². The molecule has 0 radical (unpaired) electrons. The van der Waals surface area contributed by atoms with Crippen LogP contribution in [0.25, 0.3) is 10.9 Å². The number of ketones is 1. The molecule has 176 valence electrons. The van der Waals surface area contributed by atoms with Gasteiger partial charge < -0.3 is 24.1 Å². The molecule has 2 heterocycles. The SMILES string of the molecule is COc1ccc(C(=O)c2cn(CC(=O)Nc3ccc4c(c3)OCO4)c3ccc(F)cc3c2=O)cc1. The maximum Gasteiger partial charge on any atom is 0.244 e. The van der Waals surface area contributed by atoms with Crippen molar-refractivity contribution in [3.63, 3.8) is 0 Å². The van der Waals surface area contributed by atoms with Crippen LogP contribution in [0.5, 0.6) is 17.2 Å². The van der Waals surface area contributed by atoms with E-state index < -0.39 is 22.9 Å². The van der Waals surface area contributed by atoms with Crippen LogP contribution in [0.4, 0.5) is 10.1 Å². The van der Waals surface area contributed by atoms with E-state index in [1.54, 1.807) is 30.3 Å². The zero-order valence-corrected chi connectivity index (χ0v) is 18.5. The third-order valence-electron chi connectivity index (χ3n) is 5.61. The number of nitrogens with zero attached hydrogens (tertiary/aromatic N) is 1. The Morgan fingerprint density at radius 2 is 1.80 bits per heavy atom. The van der Waals surface area contributed by atoms with Gasteiger partial charge in [0.05, 0.1) is 18.2 Å². The highest BCUT2D eigenvalue weighted by atomic mass is 19.1. The quantitative estimate of drug-likeness (QED) is 0.428. The molecule has 1 aliphatic heterocycles. The summed E-state index contributed by atoms with van der Waals surface area (Å²) in [6.07, 6.45) is 1.33. The number of benzene rings is 3. The predicted octanol–water partition coefficient (Wildman–Crippen LogP) is 3.75. The van der Waals surface area contributed by atoms with Crippen molar-refractivity contribution in [1.29, 1.82) is 0 Å². The summed E-state index contributed by atoms with van der Waals surface area (Å²) in [5.41, 5.74) is 0.278. The summed E-state index contributed by atoms with van der Waals surface area (Å²) in [4.78, 5) is 39.1. The molecule has 1 aliphatic rings. The molecular weight excluding hydrogens is 455 g/mol. The second-order valence-electron chi connectivity index (χ2n) is 7.84. The van der Waals surface area contributed by atoms with Crippen molar-refractivity contribution in [2.45, 2.75) is 6.54 Å². The number of amides is 1. The largest absolute Gasteiger partial charge is 0.497 e. The highest BCUT2D eigenvalue weighted by Crippen LogP contribution is 2.34. The maximum atomic E-state index is 14.0. The Morgan fingerprint density at radius 3 is 2.57 bits per heavy atom. The lowest BCUT2D eigenvalue weighted by Gasteiger charge is -2.14. The van der Waals surface area contributed by atoms with Crippen LogP contribution >= 0.6 is 0 Å². The second kappa shape index (κ2) is 8.94. The lowest BCUT2D eigenvalue weighted by atomic mass is 10.0. The number of aromatic nitrogens is 1. The molecule has 9 heteroatoms. The number of carbonyl (C=O) groups excluding carboxylic acids is 2. The molecule has 1 aromatic heterocycles. The molecule has 0 atom stereocenters. The zero-order valence-electron chi connectivity index (χ0n) is 18.5. The first kappa shape index (κ1) is 22.1. The van der Waals surface area contributed by atoms with Gasteiger partial charge in [0.2, 0.25) is 18.1 Å². The van der Waals surface area contributed by atoms with Gasteiger partial charge in [0.15, 0.2) is 17.3 Å². The Balaban J connectivity index is 1.50. The number of methoxy groups -OCH3 is 1. The summed E-state index contributed by atoms with van der Waals surface area (Å²) in [5, 5.41) is 2.76. The van der Waals surface area contributed by atoms with Crippen molar-refractivity contribution >= 4 is 28.3 Å². The van der Waals surface area contributed by atoms with Crippen LogP contribution in [0.15, 0.2) is 71.7 Å².